The Balaban J connectivity index is 1.79. The number of carbonyl (C=O) groups is 1. The lowest BCUT2D eigenvalue weighted by molar-refractivity contribution is -0.115. The highest BCUT2D eigenvalue weighted by molar-refractivity contribution is 7.99. The maximum Gasteiger partial charge on any atom is 0.387 e. The summed E-state index contributed by atoms with van der Waals surface area (Å²) in [5, 5.41) is 3.32. The van der Waals surface area contributed by atoms with E-state index < -0.39 is 6.61 Å². The van der Waals surface area contributed by atoms with Gasteiger partial charge in [0.15, 0.2) is 0 Å². The molecule has 0 saturated carbocycles. The van der Waals surface area contributed by atoms with Crippen LogP contribution in [0.3, 0.4) is 0 Å². The van der Waals surface area contributed by atoms with Crippen LogP contribution in [0, 0.1) is 0 Å². The van der Waals surface area contributed by atoms with Gasteiger partial charge >= 0.3 is 6.61 Å². The van der Waals surface area contributed by atoms with E-state index in [4.69, 9.17) is 11.6 Å². The van der Waals surface area contributed by atoms with Crippen LogP contribution in [0.4, 0.5) is 14.5 Å². The fraction of sp³-hybridized carbons (Fsp3) is 0.188. The summed E-state index contributed by atoms with van der Waals surface area (Å²) in [6.07, 6.45) is 0.299. The third kappa shape index (κ3) is 6.46. The SMILES string of the molecule is O=C(CCSc1ccc(Cl)cc1)Nc1cccc(OC(F)F)c1. The van der Waals surface area contributed by atoms with Crippen LogP contribution in [0.2, 0.25) is 5.02 Å². The van der Waals surface area contributed by atoms with Gasteiger partial charge in [0, 0.05) is 33.8 Å². The van der Waals surface area contributed by atoms with E-state index in [0.717, 1.165) is 4.90 Å². The number of benzene rings is 2. The largest absolute Gasteiger partial charge is 0.435 e. The highest BCUT2D eigenvalue weighted by Crippen LogP contribution is 2.22. The minimum absolute atomic E-state index is 0.00772. The summed E-state index contributed by atoms with van der Waals surface area (Å²) in [6.45, 7) is -2.89. The second kappa shape index (κ2) is 8.74. The van der Waals surface area contributed by atoms with Crippen molar-refractivity contribution in [1.29, 1.82) is 0 Å². The summed E-state index contributed by atoms with van der Waals surface area (Å²) >= 11 is 7.34. The molecule has 2 rings (SSSR count). The van der Waals surface area contributed by atoms with Crippen molar-refractivity contribution in [3.05, 3.63) is 53.6 Å². The molecule has 0 aliphatic heterocycles. The molecule has 0 unspecified atom stereocenters. The fourth-order valence-corrected chi connectivity index (χ4v) is 2.74. The summed E-state index contributed by atoms with van der Waals surface area (Å²) in [7, 11) is 0. The van der Waals surface area contributed by atoms with Crippen molar-refractivity contribution in [2.75, 3.05) is 11.1 Å². The average Bonchev–Trinajstić information content (AvgIpc) is 2.49. The van der Waals surface area contributed by atoms with Gasteiger partial charge in [-0.3, -0.25) is 4.79 Å². The van der Waals surface area contributed by atoms with Crippen LogP contribution in [-0.2, 0) is 4.79 Å². The number of carbonyl (C=O) groups excluding carboxylic acids is 1. The highest BCUT2D eigenvalue weighted by Gasteiger charge is 2.07. The van der Waals surface area contributed by atoms with E-state index in [-0.39, 0.29) is 11.7 Å². The summed E-state index contributed by atoms with van der Waals surface area (Å²) in [5.41, 5.74) is 0.421. The lowest BCUT2D eigenvalue weighted by Gasteiger charge is -2.08. The molecule has 0 atom stereocenters. The molecule has 0 fully saturated rings. The Hall–Kier alpha value is -1.79. The maximum atomic E-state index is 12.1. The molecule has 0 aromatic heterocycles. The molecule has 0 radical (unpaired) electrons. The van der Waals surface area contributed by atoms with Gasteiger partial charge in [0.05, 0.1) is 0 Å². The second-order valence-corrected chi connectivity index (χ2v) is 6.11. The van der Waals surface area contributed by atoms with Gasteiger partial charge in [0.2, 0.25) is 5.91 Å². The van der Waals surface area contributed by atoms with E-state index in [9.17, 15) is 13.6 Å². The minimum Gasteiger partial charge on any atom is -0.435 e. The number of nitrogens with one attached hydrogen (secondary N) is 1. The van der Waals surface area contributed by atoms with E-state index in [1.165, 1.54) is 30.0 Å². The molecule has 0 aliphatic rings. The molecule has 0 bridgehead atoms. The van der Waals surface area contributed by atoms with Crippen LogP contribution in [0.15, 0.2) is 53.4 Å². The predicted octanol–water partition coefficient (Wildman–Crippen LogP) is 5.06. The number of hydrogen-bond acceptors (Lipinski definition) is 3. The molecular formula is C16H14ClF2NO2S. The third-order valence-electron chi connectivity index (χ3n) is 2.75. The zero-order valence-corrected chi connectivity index (χ0v) is 13.5. The van der Waals surface area contributed by atoms with Crippen molar-refractivity contribution in [3.63, 3.8) is 0 Å². The molecule has 7 heteroatoms. The molecule has 0 aliphatic carbocycles. The number of ether oxygens (including phenoxy) is 1. The predicted molar refractivity (Wildman–Crippen MR) is 88.5 cm³/mol. The van der Waals surface area contributed by atoms with Crippen LogP contribution in [0.5, 0.6) is 5.75 Å². The van der Waals surface area contributed by atoms with E-state index in [0.29, 0.717) is 22.9 Å². The summed E-state index contributed by atoms with van der Waals surface area (Å²) in [5.74, 6) is 0.412. The first kappa shape index (κ1) is 17.6. The second-order valence-electron chi connectivity index (χ2n) is 4.51. The lowest BCUT2D eigenvalue weighted by atomic mass is 10.3. The summed E-state index contributed by atoms with van der Waals surface area (Å²) in [6, 6.07) is 13.3. The Morgan fingerprint density at radius 1 is 1.22 bits per heavy atom. The highest BCUT2D eigenvalue weighted by atomic mass is 35.5. The maximum absolute atomic E-state index is 12.1. The smallest absolute Gasteiger partial charge is 0.387 e. The number of amides is 1. The van der Waals surface area contributed by atoms with Gasteiger partial charge in [-0.1, -0.05) is 17.7 Å². The third-order valence-corrected chi connectivity index (χ3v) is 4.02. The van der Waals surface area contributed by atoms with Gasteiger partial charge in [-0.25, -0.2) is 0 Å². The van der Waals surface area contributed by atoms with E-state index in [2.05, 4.69) is 10.1 Å². The van der Waals surface area contributed by atoms with Crippen LogP contribution in [0.25, 0.3) is 0 Å². The van der Waals surface area contributed by atoms with E-state index in [1.807, 2.05) is 12.1 Å². The molecule has 23 heavy (non-hydrogen) atoms. The molecule has 1 N–H and O–H groups in total. The van der Waals surface area contributed by atoms with Crippen molar-refractivity contribution < 1.29 is 18.3 Å². The van der Waals surface area contributed by atoms with Crippen LogP contribution < -0.4 is 10.1 Å². The first-order valence-electron chi connectivity index (χ1n) is 6.76. The van der Waals surface area contributed by atoms with Gasteiger partial charge in [-0.15, -0.1) is 11.8 Å². The molecule has 122 valence electrons. The van der Waals surface area contributed by atoms with Gasteiger partial charge in [-0.05, 0) is 36.4 Å². The van der Waals surface area contributed by atoms with E-state index >= 15 is 0 Å². The molecule has 2 aromatic carbocycles. The number of anilines is 1. The lowest BCUT2D eigenvalue weighted by Crippen LogP contribution is -2.12. The molecule has 0 spiro atoms. The minimum atomic E-state index is -2.89. The topological polar surface area (TPSA) is 38.3 Å². The molecule has 3 nitrogen and oxygen atoms in total. The van der Waals surface area contributed by atoms with Crippen LogP contribution in [0.1, 0.15) is 6.42 Å². The Labute approximate surface area is 142 Å². The zero-order valence-electron chi connectivity index (χ0n) is 12.0. The fourth-order valence-electron chi connectivity index (χ4n) is 1.77. The Kier molecular flexibility index (Phi) is 6.67. The first-order valence-corrected chi connectivity index (χ1v) is 8.12. The Morgan fingerprint density at radius 3 is 2.65 bits per heavy atom. The number of halogens is 3. The average molecular weight is 358 g/mol. The quantitative estimate of drug-likeness (QED) is 0.704. The summed E-state index contributed by atoms with van der Waals surface area (Å²) in [4.78, 5) is 12.9. The van der Waals surface area contributed by atoms with Crippen molar-refractivity contribution in [2.45, 2.75) is 17.9 Å². The standard InChI is InChI=1S/C16H14ClF2NO2S/c17-11-4-6-14(7-5-11)23-9-8-15(21)20-12-2-1-3-13(10-12)22-16(18)19/h1-7,10,16H,8-9H2,(H,20,21). The molecule has 1 amide bonds. The van der Waals surface area contributed by atoms with Crippen LogP contribution >= 0.6 is 23.4 Å². The van der Waals surface area contributed by atoms with Crippen LogP contribution in [-0.4, -0.2) is 18.3 Å². The zero-order chi connectivity index (χ0) is 16.7. The molecular weight excluding hydrogens is 344 g/mol. The van der Waals surface area contributed by atoms with Crippen molar-refractivity contribution in [3.8, 4) is 5.75 Å². The Bertz CT molecular complexity index is 653. The van der Waals surface area contributed by atoms with Crippen molar-refractivity contribution in [2.24, 2.45) is 0 Å². The van der Waals surface area contributed by atoms with Gasteiger partial charge in [0.25, 0.3) is 0 Å². The van der Waals surface area contributed by atoms with Crippen molar-refractivity contribution >= 4 is 35.0 Å². The number of alkyl halides is 2. The first-order chi connectivity index (χ1) is 11.0. The van der Waals surface area contributed by atoms with Gasteiger partial charge in [0.1, 0.15) is 5.75 Å². The summed E-state index contributed by atoms with van der Waals surface area (Å²) < 4.78 is 28.6. The molecule has 0 heterocycles. The number of thioether (sulfide) groups is 1. The molecule has 2 aromatic rings. The number of hydrogen-bond donors (Lipinski definition) is 1. The van der Waals surface area contributed by atoms with Crippen molar-refractivity contribution in [1.82, 2.24) is 0 Å². The van der Waals surface area contributed by atoms with Gasteiger partial charge < -0.3 is 10.1 Å². The molecule has 0 saturated heterocycles. The number of rotatable bonds is 7. The Morgan fingerprint density at radius 2 is 1.96 bits per heavy atom. The monoisotopic (exact) mass is 357 g/mol. The normalized spacial score (nSPS) is 10.6. The van der Waals surface area contributed by atoms with E-state index in [1.54, 1.807) is 18.2 Å². The van der Waals surface area contributed by atoms with Gasteiger partial charge in [-0.2, -0.15) is 8.78 Å².